The molecule has 106 valence electrons. The zero-order chi connectivity index (χ0) is 13.8. The first kappa shape index (κ1) is 14.8. The highest BCUT2D eigenvalue weighted by Crippen LogP contribution is 2.26. The Morgan fingerprint density at radius 3 is 2.68 bits per heavy atom. The predicted molar refractivity (Wildman–Crippen MR) is 81.5 cm³/mol. The molecule has 1 fully saturated rings. The van der Waals surface area contributed by atoms with Crippen molar-refractivity contribution in [1.82, 2.24) is 9.80 Å². The lowest BCUT2D eigenvalue weighted by atomic mass is 9.99. The van der Waals surface area contributed by atoms with Gasteiger partial charge in [-0.25, -0.2) is 0 Å². The molecule has 0 radical (unpaired) electrons. The third-order valence-corrected chi connectivity index (χ3v) is 4.45. The van der Waals surface area contributed by atoms with Crippen LogP contribution in [0.25, 0.3) is 0 Å². The fourth-order valence-electron chi connectivity index (χ4n) is 2.91. The van der Waals surface area contributed by atoms with Crippen molar-refractivity contribution in [3.8, 4) is 0 Å². The molecule has 0 spiro atoms. The van der Waals surface area contributed by atoms with Gasteiger partial charge in [0.15, 0.2) is 0 Å². The Kier molecular flexibility index (Phi) is 5.22. The zero-order valence-corrected chi connectivity index (χ0v) is 12.6. The lowest BCUT2D eigenvalue weighted by Crippen LogP contribution is -2.45. The van der Waals surface area contributed by atoms with Crippen LogP contribution in [0.5, 0.6) is 0 Å². The Balaban J connectivity index is 2.08. The minimum Gasteiger partial charge on any atom is -0.329 e. The second kappa shape index (κ2) is 6.71. The van der Waals surface area contributed by atoms with Gasteiger partial charge in [-0.1, -0.05) is 23.7 Å². The maximum Gasteiger partial charge on any atom is 0.0470 e. The SMILES string of the molecule is CN1CCC(N(C)C(CN)c2cccc(Cl)c2)CC1. The normalized spacial score (nSPS) is 19.8. The molecular formula is C15H24ClN3. The van der Waals surface area contributed by atoms with Crippen molar-refractivity contribution in [2.45, 2.75) is 24.9 Å². The highest BCUT2D eigenvalue weighted by molar-refractivity contribution is 6.30. The number of likely N-dealkylation sites (tertiary alicyclic amines) is 1. The summed E-state index contributed by atoms with van der Waals surface area (Å²) in [5.41, 5.74) is 7.21. The van der Waals surface area contributed by atoms with E-state index in [0.29, 0.717) is 12.6 Å². The van der Waals surface area contributed by atoms with Gasteiger partial charge in [-0.15, -0.1) is 0 Å². The van der Waals surface area contributed by atoms with Crippen molar-refractivity contribution >= 4 is 11.6 Å². The molecule has 4 heteroatoms. The van der Waals surface area contributed by atoms with Crippen LogP contribution in [-0.2, 0) is 0 Å². The summed E-state index contributed by atoms with van der Waals surface area (Å²) in [4.78, 5) is 4.82. The summed E-state index contributed by atoms with van der Waals surface area (Å²) in [6.07, 6.45) is 2.42. The van der Waals surface area contributed by atoms with Gasteiger partial charge in [0, 0.05) is 23.7 Å². The van der Waals surface area contributed by atoms with Crippen LogP contribution >= 0.6 is 11.6 Å². The highest BCUT2D eigenvalue weighted by Gasteiger charge is 2.26. The molecule has 2 N–H and O–H groups in total. The van der Waals surface area contributed by atoms with Crippen LogP contribution in [0.15, 0.2) is 24.3 Å². The van der Waals surface area contributed by atoms with Crippen molar-refractivity contribution in [3.63, 3.8) is 0 Å². The van der Waals surface area contributed by atoms with Crippen molar-refractivity contribution in [2.24, 2.45) is 5.73 Å². The lowest BCUT2D eigenvalue weighted by molar-refractivity contribution is 0.109. The molecule has 1 atom stereocenters. The van der Waals surface area contributed by atoms with Gasteiger partial charge < -0.3 is 10.6 Å². The quantitative estimate of drug-likeness (QED) is 0.920. The van der Waals surface area contributed by atoms with Crippen LogP contribution in [0.2, 0.25) is 5.02 Å². The summed E-state index contributed by atoms with van der Waals surface area (Å²) in [6.45, 7) is 2.97. The van der Waals surface area contributed by atoms with Crippen molar-refractivity contribution in [1.29, 1.82) is 0 Å². The third-order valence-electron chi connectivity index (χ3n) is 4.21. The molecule has 19 heavy (non-hydrogen) atoms. The topological polar surface area (TPSA) is 32.5 Å². The molecule has 1 heterocycles. The number of likely N-dealkylation sites (N-methyl/N-ethyl adjacent to an activating group) is 1. The van der Waals surface area contributed by atoms with Crippen molar-refractivity contribution < 1.29 is 0 Å². The van der Waals surface area contributed by atoms with E-state index in [-0.39, 0.29) is 6.04 Å². The Morgan fingerprint density at radius 2 is 2.11 bits per heavy atom. The first-order valence-corrected chi connectivity index (χ1v) is 7.35. The van der Waals surface area contributed by atoms with Crippen LogP contribution in [0.1, 0.15) is 24.4 Å². The standard InChI is InChI=1S/C15H24ClN3/c1-18-8-6-14(7-9-18)19(2)15(11-17)12-4-3-5-13(16)10-12/h3-5,10,14-15H,6-9,11,17H2,1-2H3. The monoisotopic (exact) mass is 281 g/mol. The summed E-state index contributed by atoms with van der Waals surface area (Å²) in [5.74, 6) is 0. The highest BCUT2D eigenvalue weighted by atomic mass is 35.5. The van der Waals surface area contributed by atoms with E-state index in [1.807, 2.05) is 18.2 Å². The van der Waals surface area contributed by atoms with Crippen molar-refractivity contribution in [3.05, 3.63) is 34.9 Å². The average Bonchev–Trinajstić information content (AvgIpc) is 2.40. The molecular weight excluding hydrogens is 258 g/mol. The lowest BCUT2D eigenvalue weighted by Gasteiger charge is -2.39. The molecule has 0 amide bonds. The zero-order valence-electron chi connectivity index (χ0n) is 11.8. The molecule has 1 saturated heterocycles. The maximum atomic E-state index is 6.09. The number of nitrogens with zero attached hydrogens (tertiary/aromatic N) is 2. The smallest absolute Gasteiger partial charge is 0.0470 e. The summed E-state index contributed by atoms with van der Waals surface area (Å²) < 4.78 is 0. The number of rotatable bonds is 4. The van der Waals surface area contributed by atoms with E-state index in [4.69, 9.17) is 17.3 Å². The average molecular weight is 282 g/mol. The van der Waals surface area contributed by atoms with Crippen LogP contribution in [0.3, 0.4) is 0 Å². The molecule has 2 rings (SSSR count). The number of benzene rings is 1. The first-order valence-electron chi connectivity index (χ1n) is 6.98. The Labute approximate surface area is 121 Å². The third kappa shape index (κ3) is 3.69. The molecule has 1 aromatic carbocycles. The van der Waals surface area contributed by atoms with Crippen LogP contribution in [-0.4, -0.2) is 49.6 Å². The number of hydrogen-bond donors (Lipinski definition) is 1. The van der Waals surface area contributed by atoms with E-state index in [2.05, 4.69) is 30.0 Å². The fourth-order valence-corrected chi connectivity index (χ4v) is 3.11. The fraction of sp³-hybridized carbons (Fsp3) is 0.600. The van der Waals surface area contributed by atoms with E-state index >= 15 is 0 Å². The van der Waals surface area contributed by atoms with E-state index in [9.17, 15) is 0 Å². The van der Waals surface area contributed by atoms with Gasteiger partial charge in [0.25, 0.3) is 0 Å². The minimum absolute atomic E-state index is 0.257. The Bertz CT molecular complexity index is 402. The van der Waals surface area contributed by atoms with E-state index in [0.717, 1.165) is 5.02 Å². The van der Waals surface area contributed by atoms with Gasteiger partial charge in [0.2, 0.25) is 0 Å². The van der Waals surface area contributed by atoms with Gasteiger partial charge in [-0.2, -0.15) is 0 Å². The predicted octanol–water partition coefficient (Wildman–Crippen LogP) is 2.37. The first-order chi connectivity index (χ1) is 9.11. The van der Waals surface area contributed by atoms with Crippen molar-refractivity contribution in [2.75, 3.05) is 33.7 Å². The summed E-state index contributed by atoms with van der Waals surface area (Å²) in [5, 5.41) is 0.785. The Morgan fingerprint density at radius 1 is 1.42 bits per heavy atom. The largest absolute Gasteiger partial charge is 0.329 e. The molecule has 3 nitrogen and oxygen atoms in total. The minimum atomic E-state index is 0.257. The molecule has 0 bridgehead atoms. The molecule has 0 aliphatic carbocycles. The molecule has 1 aliphatic heterocycles. The number of piperidine rings is 1. The number of nitrogens with two attached hydrogens (primary N) is 1. The van der Waals surface area contributed by atoms with Gasteiger partial charge >= 0.3 is 0 Å². The van der Waals surface area contributed by atoms with Gasteiger partial charge in [0.05, 0.1) is 0 Å². The molecule has 1 aromatic rings. The van der Waals surface area contributed by atoms with Crippen LogP contribution < -0.4 is 5.73 Å². The summed E-state index contributed by atoms with van der Waals surface area (Å²) in [7, 11) is 4.38. The second-order valence-corrected chi connectivity index (χ2v) is 5.94. The molecule has 0 saturated carbocycles. The van der Waals surface area contributed by atoms with E-state index in [1.165, 1.54) is 31.5 Å². The maximum absolute atomic E-state index is 6.09. The van der Waals surface area contributed by atoms with Gasteiger partial charge in [0.1, 0.15) is 0 Å². The van der Waals surface area contributed by atoms with E-state index < -0.39 is 0 Å². The number of hydrogen-bond acceptors (Lipinski definition) is 3. The van der Waals surface area contributed by atoms with E-state index in [1.54, 1.807) is 0 Å². The number of halogens is 1. The molecule has 1 unspecified atom stereocenters. The molecule has 1 aliphatic rings. The van der Waals surface area contributed by atoms with Gasteiger partial charge in [-0.3, -0.25) is 4.90 Å². The van der Waals surface area contributed by atoms with Gasteiger partial charge in [-0.05, 0) is 57.7 Å². The second-order valence-electron chi connectivity index (χ2n) is 5.51. The summed E-state index contributed by atoms with van der Waals surface area (Å²) >= 11 is 6.09. The Hall–Kier alpha value is -0.610. The van der Waals surface area contributed by atoms with Crippen LogP contribution in [0.4, 0.5) is 0 Å². The van der Waals surface area contributed by atoms with Crippen LogP contribution in [0, 0.1) is 0 Å². The molecule has 0 aromatic heterocycles. The summed E-state index contributed by atoms with van der Waals surface area (Å²) in [6, 6.07) is 8.94.